The number of alkyl halides is 3. The van der Waals surface area contributed by atoms with Gasteiger partial charge in [-0.2, -0.15) is 18.4 Å². The molecular weight excluding hydrogens is 417 g/mol. The molecule has 0 aliphatic rings. The molecule has 2 aromatic carbocycles. The maximum Gasteiger partial charge on any atom is 0.416 e. The van der Waals surface area contributed by atoms with Crippen LogP contribution < -0.4 is 11.1 Å². The van der Waals surface area contributed by atoms with Crippen LogP contribution in [0.3, 0.4) is 0 Å². The first-order valence-electron chi connectivity index (χ1n) is 7.08. The summed E-state index contributed by atoms with van der Waals surface area (Å²) < 4.78 is 39.7. The zero-order chi connectivity index (χ0) is 18.9. The summed E-state index contributed by atoms with van der Waals surface area (Å²) in [6, 6.07) is 7.02. The first-order valence-corrected chi connectivity index (χ1v) is 7.87. The van der Waals surface area contributed by atoms with Gasteiger partial charge in [0.15, 0.2) is 0 Å². The lowest BCUT2D eigenvalue weighted by atomic mass is 9.96. The van der Waals surface area contributed by atoms with E-state index in [1.165, 1.54) is 18.2 Å². The van der Waals surface area contributed by atoms with E-state index in [9.17, 15) is 18.0 Å². The number of aromatic amines is 1. The Morgan fingerprint density at radius 2 is 1.96 bits per heavy atom. The summed E-state index contributed by atoms with van der Waals surface area (Å²) in [7, 11) is 0. The highest BCUT2D eigenvalue weighted by Gasteiger charge is 2.31. The zero-order valence-electron chi connectivity index (χ0n) is 12.8. The third-order valence-corrected chi connectivity index (χ3v) is 4.12. The molecule has 0 atom stereocenters. The molecule has 0 unspecified atom stereocenters. The highest BCUT2D eigenvalue weighted by molar-refractivity contribution is 9.10. The molecule has 0 radical (unpaired) electrons. The van der Waals surface area contributed by atoms with E-state index in [0.29, 0.717) is 10.0 Å². The fourth-order valence-electron chi connectivity index (χ4n) is 2.45. The molecule has 2 amide bonds. The predicted octanol–water partition coefficient (Wildman–Crippen LogP) is 3.81. The summed E-state index contributed by atoms with van der Waals surface area (Å²) in [5.41, 5.74) is 5.47. The molecule has 7 nitrogen and oxygen atoms in total. The minimum absolute atomic E-state index is 0.0856. The van der Waals surface area contributed by atoms with Gasteiger partial charge in [0, 0.05) is 10.0 Å². The fraction of sp³-hybridized carbons (Fsp3) is 0.0667. The van der Waals surface area contributed by atoms with Gasteiger partial charge < -0.3 is 11.1 Å². The van der Waals surface area contributed by atoms with E-state index in [-0.39, 0.29) is 22.6 Å². The molecule has 0 saturated heterocycles. The van der Waals surface area contributed by atoms with Gasteiger partial charge in [0.1, 0.15) is 0 Å². The highest BCUT2D eigenvalue weighted by atomic mass is 79.9. The van der Waals surface area contributed by atoms with E-state index in [1.54, 1.807) is 6.07 Å². The number of rotatable bonds is 3. The lowest BCUT2D eigenvalue weighted by molar-refractivity contribution is -0.137. The van der Waals surface area contributed by atoms with Gasteiger partial charge in [-0.05, 0) is 35.0 Å². The summed E-state index contributed by atoms with van der Waals surface area (Å²) in [6.45, 7) is 0. The van der Waals surface area contributed by atoms with Gasteiger partial charge in [-0.15, -0.1) is 10.2 Å². The van der Waals surface area contributed by atoms with Gasteiger partial charge in [-0.25, -0.2) is 4.79 Å². The maximum absolute atomic E-state index is 13.1. The number of nitrogens with two attached hydrogens (primary N) is 1. The van der Waals surface area contributed by atoms with E-state index in [1.807, 2.05) is 0 Å². The SMILES string of the molecule is NC(=O)Nc1ccc(Br)c(-c2cccc(C(F)(F)F)c2)c1-c1nn[nH]n1. The van der Waals surface area contributed by atoms with E-state index in [0.717, 1.165) is 12.1 Å². The third kappa shape index (κ3) is 3.52. The average molecular weight is 427 g/mol. The molecule has 4 N–H and O–H groups in total. The molecule has 11 heteroatoms. The fourth-order valence-corrected chi connectivity index (χ4v) is 3.01. The molecule has 0 spiro atoms. The monoisotopic (exact) mass is 426 g/mol. The van der Waals surface area contributed by atoms with E-state index in [2.05, 4.69) is 41.9 Å². The van der Waals surface area contributed by atoms with Gasteiger partial charge >= 0.3 is 12.2 Å². The molecular formula is C15H10BrF3N6O. The van der Waals surface area contributed by atoms with Crippen molar-refractivity contribution in [2.45, 2.75) is 6.18 Å². The minimum atomic E-state index is -4.50. The summed E-state index contributed by atoms with van der Waals surface area (Å²) >= 11 is 3.33. The Balaban J connectivity index is 2.29. The topological polar surface area (TPSA) is 110 Å². The van der Waals surface area contributed by atoms with Crippen LogP contribution in [-0.2, 0) is 6.18 Å². The van der Waals surface area contributed by atoms with Gasteiger partial charge in [-0.3, -0.25) is 0 Å². The van der Waals surface area contributed by atoms with Crippen molar-refractivity contribution in [3.63, 3.8) is 0 Å². The third-order valence-electron chi connectivity index (χ3n) is 3.46. The number of carbonyl (C=O) groups excluding carboxylic acids is 1. The number of benzene rings is 2. The first-order chi connectivity index (χ1) is 12.3. The van der Waals surface area contributed by atoms with Crippen LogP contribution in [0.4, 0.5) is 23.7 Å². The zero-order valence-corrected chi connectivity index (χ0v) is 14.4. The van der Waals surface area contributed by atoms with Crippen molar-refractivity contribution in [2.75, 3.05) is 5.32 Å². The summed E-state index contributed by atoms with van der Waals surface area (Å²) in [5, 5.41) is 15.9. The molecule has 3 rings (SSSR count). The Morgan fingerprint density at radius 1 is 1.19 bits per heavy atom. The number of amides is 2. The maximum atomic E-state index is 13.1. The highest BCUT2D eigenvalue weighted by Crippen LogP contribution is 2.42. The number of nitrogens with zero attached hydrogens (tertiary/aromatic N) is 3. The lowest BCUT2D eigenvalue weighted by Crippen LogP contribution is -2.20. The van der Waals surface area contributed by atoms with E-state index >= 15 is 0 Å². The Morgan fingerprint density at radius 3 is 2.58 bits per heavy atom. The molecule has 26 heavy (non-hydrogen) atoms. The Bertz CT molecular complexity index is 959. The quantitative estimate of drug-likeness (QED) is 0.591. The van der Waals surface area contributed by atoms with Gasteiger partial charge in [0.05, 0.1) is 16.8 Å². The molecule has 1 heterocycles. The molecule has 3 aromatic rings. The average Bonchev–Trinajstić information content (AvgIpc) is 3.09. The minimum Gasteiger partial charge on any atom is -0.351 e. The normalized spacial score (nSPS) is 11.4. The number of hydrogen-bond donors (Lipinski definition) is 3. The second-order valence-electron chi connectivity index (χ2n) is 5.15. The smallest absolute Gasteiger partial charge is 0.351 e. The van der Waals surface area contributed by atoms with Crippen molar-refractivity contribution in [1.82, 2.24) is 20.6 Å². The van der Waals surface area contributed by atoms with E-state index < -0.39 is 17.8 Å². The summed E-state index contributed by atoms with van der Waals surface area (Å²) in [5.74, 6) is 0.0856. The van der Waals surface area contributed by atoms with Crippen LogP contribution in [0.15, 0.2) is 40.9 Å². The van der Waals surface area contributed by atoms with Crippen molar-refractivity contribution in [2.24, 2.45) is 5.73 Å². The van der Waals surface area contributed by atoms with Gasteiger partial charge in [0.2, 0.25) is 5.82 Å². The van der Waals surface area contributed by atoms with Crippen molar-refractivity contribution < 1.29 is 18.0 Å². The molecule has 0 bridgehead atoms. The molecule has 0 aliphatic heterocycles. The molecule has 0 fully saturated rings. The first kappa shape index (κ1) is 17.9. The number of anilines is 1. The second-order valence-corrected chi connectivity index (χ2v) is 6.00. The Hall–Kier alpha value is -2.95. The van der Waals surface area contributed by atoms with Crippen LogP contribution in [0.5, 0.6) is 0 Å². The van der Waals surface area contributed by atoms with Crippen LogP contribution in [0, 0.1) is 0 Å². The second kappa shape index (κ2) is 6.75. The Kier molecular flexibility index (Phi) is 4.64. The van der Waals surface area contributed by atoms with Crippen molar-refractivity contribution in [3.05, 3.63) is 46.4 Å². The number of hydrogen-bond acceptors (Lipinski definition) is 4. The number of urea groups is 1. The molecule has 0 saturated carbocycles. The van der Waals surface area contributed by atoms with Crippen molar-refractivity contribution in [1.29, 1.82) is 0 Å². The number of tetrazole rings is 1. The largest absolute Gasteiger partial charge is 0.416 e. The Labute approximate surface area is 152 Å². The summed E-state index contributed by atoms with van der Waals surface area (Å²) in [6.07, 6.45) is -4.50. The number of carbonyl (C=O) groups is 1. The molecule has 0 aliphatic carbocycles. The number of primary amides is 1. The number of nitrogens with one attached hydrogen (secondary N) is 2. The standard InChI is InChI=1S/C15H10BrF3N6O/c16-9-4-5-10(21-14(20)26)12(13-22-24-25-23-13)11(9)7-2-1-3-8(6-7)15(17,18)19/h1-6H,(H3,20,21,26)(H,22,23,24,25). The molecule has 1 aromatic heterocycles. The number of H-pyrrole nitrogens is 1. The van der Waals surface area contributed by atoms with Gasteiger partial charge in [-0.1, -0.05) is 28.1 Å². The van der Waals surface area contributed by atoms with Crippen LogP contribution in [0.1, 0.15) is 5.56 Å². The summed E-state index contributed by atoms with van der Waals surface area (Å²) in [4.78, 5) is 11.3. The number of aromatic nitrogens is 4. The van der Waals surface area contributed by atoms with Crippen LogP contribution >= 0.6 is 15.9 Å². The van der Waals surface area contributed by atoms with Crippen LogP contribution in [0.2, 0.25) is 0 Å². The van der Waals surface area contributed by atoms with Crippen molar-refractivity contribution in [3.8, 4) is 22.5 Å². The van der Waals surface area contributed by atoms with Crippen molar-refractivity contribution >= 4 is 27.6 Å². The lowest BCUT2D eigenvalue weighted by Gasteiger charge is -2.16. The predicted molar refractivity (Wildman–Crippen MR) is 91.0 cm³/mol. The van der Waals surface area contributed by atoms with Crippen LogP contribution in [0.25, 0.3) is 22.5 Å². The van der Waals surface area contributed by atoms with Crippen LogP contribution in [-0.4, -0.2) is 26.7 Å². The molecule has 134 valence electrons. The number of halogens is 4. The van der Waals surface area contributed by atoms with Gasteiger partial charge in [0.25, 0.3) is 0 Å². The van der Waals surface area contributed by atoms with E-state index in [4.69, 9.17) is 5.73 Å².